The van der Waals surface area contributed by atoms with Gasteiger partial charge in [-0.1, -0.05) is 12.1 Å². The third-order valence-corrected chi connectivity index (χ3v) is 4.11. The highest BCUT2D eigenvalue weighted by atomic mass is 32.2. The molecule has 1 spiro atoms. The van der Waals surface area contributed by atoms with Gasteiger partial charge in [0, 0.05) is 11.4 Å². The number of carbonyl (C=O) groups excluding carboxylic acids is 1. The predicted octanol–water partition coefficient (Wildman–Crippen LogP) is 1.68. The fourth-order valence-electron chi connectivity index (χ4n) is 2.13. The van der Waals surface area contributed by atoms with Gasteiger partial charge in [-0.3, -0.25) is 4.79 Å². The maximum Gasteiger partial charge on any atom is 0.255 e. The molecule has 0 aliphatic carbocycles. The Bertz CT molecular complexity index is 413. The minimum Gasteiger partial charge on any atom is -0.361 e. The topological polar surface area (TPSA) is 41.1 Å². The van der Waals surface area contributed by atoms with E-state index in [2.05, 4.69) is 10.6 Å². The molecule has 0 radical (unpaired) electrons. The minimum absolute atomic E-state index is 0.0480. The highest BCUT2D eigenvalue weighted by Gasteiger charge is 2.39. The summed E-state index contributed by atoms with van der Waals surface area (Å²) in [6, 6.07) is 7.67. The molecule has 0 saturated carbocycles. The standard InChI is InChI=1S/C11H12N2OS/c14-10-8-3-1-2-4-9(8)12-11(13-10)5-6-15-7-11/h1-4,12H,5-7H2,(H,13,14)/t11-/m1/s1. The van der Waals surface area contributed by atoms with Crippen molar-refractivity contribution >= 4 is 23.4 Å². The quantitative estimate of drug-likeness (QED) is 0.699. The van der Waals surface area contributed by atoms with Crippen LogP contribution in [0.2, 0.25) is 0 Å². The van der Waals surface area contributed by atoms with E-state index in [0.29, 0.717) is 0 Å². The van der Waals surface area contributed by atoms with E-state index in [0.717, 1.165) is 29.2 Å². The van der Waals surface area contributed by atoms with E-state index in [1.807, 2.05) is 36.0 Å². The molecule has 2 aliphatic heterocycles. The van der Waals surface area contributed by atoms with Crippen LogP contribution in [0.1, 0.15) is 16.8 Å². The molecule has 2 heterocycles. The average Bonchev–Trinajstić information content (AvgIpc) is 2.66. The Labute approximate surface area is 92.6 Å². The van der Waals surface area contributed by atoms with Crippen LogP contribution in [-0.4, -0.2) is 23.1 Å². The first-order valence-electron chi connectivity index (χ1n) is 5.07. The Balaban J connectivity index is 2.02. The van der Waals surface area contributed by atoms with Crippen molar-refractivity contribution in [3.05, 3.63) is 29.8 Å². The molecule has 1 saturated heterocycles. The number of amides is 1. The van der Waals surface area contributed by atoms with Crippen LogP contribution >= 0.6 is 11.8 Å². The fraction of sp³-hybridized carbons (Fsp3) is 0.364. The molecule has 1 aromatic rings. The van der Waals surface area contributed by atoms with Gasteiger partial charge in [0.15, 0.2) is 0 Å². The molecule has 1 amide bonds. The van der Waals surface area contributed by atoms with Gasteiger partial charge in [-0.2, -0.15) is 11.8 Å². The van der Waals surface area contributed by atoms with Gasteiger partial charge in [0.1, 0.15) is 5.66 Å². The van der Waals surface area contributed by atoms with Crippen molar-refractivity contribution in [3.63, 3.8) is 0 Å². The molecule has 2 aliphatic rings. The first kappa shape index (κ1) is 9.09. The lowest BCUT2D eigenvalue weighted by molar-refractivity contribution is 0.0910. The van der Waals surface area contributed by atoms with Gasteiger partial charge >= 0.3 is 0 Å². The van der Waals surface area contributed by atoms with E-state index in [-0.39, 0.29) is 11.6 Å². The molecule has 1 aromatic carbocycles. The van der Waals surface area contributed by atoms with Crippen molar-refractivity contribution < 1.29 is 4.79 Å². The van der Waals surface area contributed by atoms with Gasteiger partial charge in [-0.25, -0.2) is 0 Å². The van der Waals surface area contributed by atoms with Crippen molar-refractivity contribution in [2.75, 3.05) is 16.8 Å². The molecule has 3 rings (SSSR count). The smallest absolute Gasteiger partial charge is 0.255 e. The first-order valence-corrected chi connectivity index (χ1v) is 6.22. The lowest BCUT2D eigenvalue weighted by atomic mass is 10.0. The second-order valence-corrected chi connectivity index (χ2v) is 5.11. The Hall–Kier alpha value is -1.16. The van der Waals surface area contributed by atoms with Gasteiger partial charge in [0.2, 0.25) is 0 Å². The number of para-hydroxylation sites is 1. The lowest BCUT2D eigenvalue weighted by Crippen LogP contribution is -2.57. The molecule has 3 nitrogen and oxygen atoms in total. The van der Waals surface area contributed by atoms with Crippen LogP contribution in [-0.2, 0) is 0 Å². The lowest BCUT2D eigenvalue weighted by Gasteiger charge is -2.36. The van der Waals surface area contributed by atoms with Crippen molar-refractivity contribution in [1.29, 1.82) is 0 Å². The highest BCUT2D eigenvalue weighted by Crippen LogP contribution is 2.33. The maximum absolute atomic E-state index is 11.9. The molecule has 15 heavy (non-hydrogen) atoms. The summed E-state index contributed by atoms with van der Waals surface area (Å²) in [5.41, 5.74) is 1.51. The summed E-state index contributed by atoms with van der Waals surface area (Å²) in [6.07, 6.45) is 0.998. The Morgan fingerprint density at radius 2 is 2.13 bits per heavy atom. The van der Waals surface area contributed by atoms with Crippen LogP contribution in [0.5, 0.6) is 0 Å². The van der Waals surface area contributed by atoms with Crippen LogP contribution in [0, 0.1) is 0 Å². The monoisotopic (exact) mass is 220 g/mol. The van der Waals surface area contributed by atoms with E-state index in [9.17, 15) is 4.79 Å². The van der Waals surface area contributed by atoms with Gasteiger partial charge in [-0.05, 0) is 24.3 Å². The highest BCUT2D eigenvalue weighted by molar-refractivity contribution is 7.99. The Kier molecular flexibility index (Phi) is 1.92. The van der Waals surface area contributed by atoms with Crippen LogP contribution in [0.25, 0.3) is 0 Å². The molecule has 0 bridgehead atoms. The molecule has 0 aromatic heterocycles. The second kappa shape index (κ2) is 3.17. The molecule has 4 heteroatoms. The number of carbonyl (C=O) groups is 1. The van der Waals surface area contributed by atoms with E-state index < -0.39 is 0 Å². The van der Waals surface area contributed by atoms with Crippen molar-refractivity contribution in [2.45, 2.75) is 12.1 Å². The summed E-state index contributed by atoms with van der Waals surface area (Å²) in [7, 11) is 0. The SMILES string of the molecule is O=C1N[C@@]2(CCSC2)Nc2ccccc21. The predicted molar refractivity (Wildman–Crippen MR) is 62.2 cm³/mol. The number of fused-ring (bicyclic) bond motifs is 1. The fourth-order valence-corrected chi connectivity index (χ4v) is 3.40. The molecule has 1 atom stereocenters. The van der Waals surface area contributed by atoms with Gasteiger partial charge in [0.25, 0.3) is 5.91 Å². The van der Waals surface area contributed by atoms with E-state index >= 15 is 0 Å². The van der Waals surface area contributed by atoms with Gasteiger partial charge in [0.05, 0.1) is 5.56 Å². The third-order valence-electron chi connectivity index (χ3n) is 2.92. The summed E-state index contributed by atoms with van der Waals surface area (Å²) in [6.45, 7) is 0. The zero-order chi connectivity index (χ0) is 10.3. The van der Waals surface area contributed by atoms with Crippen LogP contribution in [0.15, 0.2) is 24.3 Å². The molecule has 0 unspecified atom stereocenters. The maximum atomic E-state index is 11.9. The number of benzene rings is 1. The zero-order valence-electron chi connectivity index (χ0n) is 8.25. The van der Waals surface area contributed by atoms with Crippen LogP contribution < -0.4 is 10.6 Å². The Morgan fingerprint density at radius 1 is 1.27 bits per heavy atom. The molecule has 1 fully saturated rings. The van der Waals surface area contributed by atoms with E-state index in [4.69, 9.17) is 0 Å². The molecular formula is C11H12N2OS. The van der Waals surface area contributed by atoms with Gasteiger partial charge < -0.3 is 10.6 Å². The number of rotatable bonds is 0. The van der Waals surface area contributed by atoms with Crippen LogP contribution in [0.3, 0.4) is 0 Å². The van der Waals surface area contributed by atoms with E-state index in [1.165, 1.54) is 0 Å². The summed E-state index contributed by atoms with van der Waals surface area (Å²) < 4.78 is 0. The zero-order valence-corrected chi connectivity index (χ0v) is 9.06. The van der Waals surface area contributed by atoms with Crippen molar-refractivity contribution in [3.8, 4) is 0 Å². The van der Waals surface area contributed by atoms with E-state index in [1.54, 1.807) is 0 Å². The van der Waals surface area contributed by atoms with Gasteiger partial charge in [-0.15, -0.1) is 0 Å². The van der Waals surface area contributed by atoms with Crippen LogP contribution in [0.4, 0.5) is 5.69 Å². The molecular weight excluding hydrogens is 208 g/mol. The number of hydrogen-bond donors (Lipinski definition) is 2. The number of nitrogens with one attached hydrogen (secondary N) is 2. The summed E-state index contributed by atoms with van der Waals surface area (Å²) in [4.78, 5) is 11.9. The van der Waals surface area contributed by atoms with Crippen molar-refractivity contribution in [1.82, 2.24) is 5.32 Å². The normalized spacial score (nSPS) is 28.4. The molecule has 78 valence electrons. The second-order valence-electron chi connectivity index (χ2n) is 4.01. The Morgan fingerprint density at radius 3 is 2.93 bits per heavy atom. The van der Waals surface area contributed by atoms with Crippen molar-refractivity contribution in [2.24, 2.45) is 0 Å². The summed E-state index contributed by atoms with van der Waals surface area (Å²) >= 11 is 1.88. The third kappa shape index (κ3) is 1.40. The number of hydrogen-bond acceptors (Lipinski definition) is 3. The largest absolute Gasteiger partial charge is 0.361 e. The number of thioether (sulfide) groups is 1. The summed E-state index contributed by atoms with van der Waals surface area (Å²) in [5.74, 6) is 2.11. The summed E-state index contributed by atoms with van der Waals surface area (Å²) in [5, 5.41) is 6.53. The number of anilines is 1. The first-order chi connectivity index (χ1) is 7.29. The average molecular weight is 220 g/mol. The molecule has 2 N–H and O–H groups in total. The minimum atomic E-state index is -0.198.